The highest BCUT2D eigenvalue weighted by Crippen LogP contribution is 2.15. The van der Waals surface area contributed by atoms with E-state index in [0.29, 0.717) is 12.0 Å². The summed E-state index contributed by atoms with van der Waals surface area (Å²) in [5, 5.41) is 0. The lowest BCUT2D eigenvalue weighted by molar-refractivity contribution is -0.121. The standard InChI is InChI=1S/C13H18N2O2.C10H13NO/c1-10(2)13(16)11-3-4-12(14-9-11)15-5-7-17-8-6-15;1-8(2)10(12)7-9-3-5-11-6-4-9/h3-4,9-10H,5-8H2,1-2H3;3-6,8H,7H2,1-2H3. The zero-order valence-electron chi connectivity index (χ0n) is 17.8. The van der Waals surface area contributed by atoms with Gasteiger partial charge in [0.05, 0.1) is 13.2 Å². The minimum Gasteiger partial charge on any atom is -0.378 e. The van der Waals surface area contributed by atoms with Crippen LogP contribution in [0, 0.1) is 11.8 Å². The van der Waals surface area contributed by atoms with Crippen molar-refractivity contribution in [3.8, 4) is 0 Å². The lowest BCUT2D eigenvalue weighted by Crippen LogP contribution is -2.36. The zero-order chi connectivity index (χ0) is 21.2. The van der Waals surface area contributed by atoms with Gasteiger partial charge in [-0.3, -0.25) is 14.6 Å². The van der Waals surface area contributed by atoms with Crippen molar-refractivity contribution in [1.29, 1.82) is 0 Å². The number of nitrogens with zero attached hydrogens (tertiary/aromatic N) is 3. The van der Waals surface area contributed by atoms with Crippen molar-refractivity contribution in [3.05, 3.63) is 54.0 Å². The van der Waals surface area contributed by atoms with E-state index in [2.05, 4.69) is 14.9 Å². The summed E-state index contributed by atoms with van der Waals surface area (Å²) in [6.45, 7) is 10.9. The SMILES string of the molecule is CC(C)C(=O)Cc1ccncc1.CC(C)C(=O)c1ccc(N2CCOCC2)nc1. The molecule has 1 aliphatic heterocycles. The Kier molecular flexibility index (Phi) is 8.93. The number of carbonyl (C=O) groups excluding carboxylic acids is 2. The fraction of sp³-hybridized carbons (Fsp3) is 0.478. The molecular formula is C23H31N3O3. The summed E-state index contributed by atoms with van der Waals surface area (Å²) in [7, 11) is 0. The molecule has 6 heteroatoms. The van der Waals surface area contributed by atoms with Crippen molar-refractivity contribution in [1.82, 2.24) is 9.97 Å². The Hall–Kier alpha value is -2.60. The number of ether oxygens (including phenoxy) is 1. The molecule has 0 amide bonds. The van der Waals surface area contributed by atoms with E-state index in [0.717, 1.165) is 37.7 Å². The normalized spacial score (nSPS) is 13.8. The zero-order valence-corrected chi connectivity index (χ0v) is 17.8. The molecule has 0 unspecified atom stereocenters. The van der Waals surface area contributed by atoms with Crippen molar-refractivity contribution in [2.45, 2.75) is 34.1 Å². The monoisotopic (exact) mass is 397 g/mol. The summed E-state index contributed by atoms with van der Waals surface area (Å²) in [6, 6.07) is 7.53. The maximum absolute atomic E-state index is 11.8. The van der Waals surface area contributed by atoms with Gasteiger partial charge in [-0.05, 0) is 29.8 Å². The first-order chi connectivity index (χ1) is 13.9. The van der Waals surface area contributed by atoms with E-state index < -0.39 is 0 Å². The van der Waals surface area contributed by atoms with Crippen molar-refractivity contribution in [3.63, 3.8) is 0 Å². The summed E-state index contributed by atoms with van der Waals surface area (Å²) >= 11 is 0. The minimum atomic E-state index is 0.0195. The van der Waals surface area contributed by atoms with E-state index in [9.17, 15) is 9.59 Å². The van der Waals surface area contributed by atoms with Gasteiger partial charge >= 0.3 is 0 Å². The highest BCUT2D eigenvalue weighted by Gasteiger charge is 2.14. The van der Waals surface area contributed by atoms with Crippen LogP contribution in [0.3, 0.4) is 0 Å². The van der Waals surface area contributed by atoms with Gasteiger partial charge in [0.15, 0.2) is 5.78 Å². The molecule has 0 spiro atoms. The van der Waals surface area contributed by atoms with Gasteiger partial charge in [-0.25, -0.2) is 4.98 Å². The van der Waals surface area contributed by atoms with E-state index in [1.807, 2.05) is 52.0 Å². The Labute approximate surface area is 173 Å². The largest absolute Gasteiger partial charge is 0.378 e. The number of Topliss-reactive ketones (excluding diaryl/α,β-unsaturated/α-hetero) is 2. The van der Waals surface area contributed by atoms with Crippen LogP contribution in [-0.2, 0) is 16.0 Å². The number of hydrogen-bond acceptors (Lipinski definition) is 6. The topological polar surface area (TPSA) is 72.4 Å². The molecule has 0 bridgehead atoms. The van der Waals surface area contributed by atoms with Crippen molar-refractivity contribution in [2.75, 3.05) is 31.2 Å². The van der Waals surface area contributed by atoms with Gasteiger partial charge in [0.25, 0.3) is 0 Å². The van der Waals surface area contributed by atoms with Crippen molar-refractivity contribution < 1.29 is 14.3 Å². The molecule has 29 heavy (non-hydrogen) atoms. The fourth-order valence-corrected chi connectivity index (χ4v) is 2.75. The van der Waals surface area contributed by atoms with Gasteiger partial charge in [0, 0.05) is 55.5 Å². The summed E-state index contributed by atoms with van der Waals surface area (Å²) in [4.78, 5) is 33.5. The van der Waals surface area contributed by atoms with Crippen LogP contribution in [0.2, 0.25) is 0 Å². The van der Waals surface area contributed by atoms with Gasteiger partial charge in [-0.1, -0.05) is 27.7 Å². The molecule has 2 aromatic rings. The molecule has 0 aliphatic carbocycles. The van der Waals surface area contributed by atoms with Gasteiger partial charge in [0.2, 0.25) is 0 Å². The first-order valence-corrected chi connectivity index (χ1v) is 10.1. The fourth-order valence-electron chi connectivity index (χ4n) is 2.75. The number of aromatic nitrogens is 2. The van der Waals surface area contributed by atoms with Crippen LogP contribution < -0.4 is 4.90 Å². The second kappa shape index (κ2) is 11.4. The molecule has 6 nitrogen and oxygen atoms in total. The van der Waals surface area contributed by atoms with Gasteiger partial charge in [0.1, 0.15) is 11.6 Å². The summed E-state index contributed by atoms with van der Waals surface area (Å²) in [5.41, 5.74) is 1.74. The molecule has 2 aromatic heterocycles. The van der Waals surface area contributed by atoms with Gasteiger partial charge < -0.3 is 9.64 Å². The summed E-state index contributed by atoms with van der Waals surface area (Å²) < 4.78 is 5.29. The average molecular weight is 398 g/mol. The van der Waals surface area contributed by atoms with Crippen LogP contribution in [0.15, 0.2) is 42.9 Å². The molecule has 0 aromatic carbocycles. The summed E-state index contributed by atoms with van der Waals surface area (Å²) in [5.74, 6) is 1.49. The number of rotatable bonds is 6. The lowest BCUT2D eigenvalue weighted by Gasteiger charge is -2.27. The van der Waals surface area contributed by atoms with Crippen LogP contribution in [0.4, 0.5) is 5.82 Å². The highest BCUT2D eigenvalue weighted by atomic mass is 16.5. The van der Waals surface area contributed by atoms with Gasteiger partial charge in [-0.2, -0.15) is 0 Å². The molecule has 1 aliphatic rings. The van der Waals surface area contributed by atoms with Crippen LogP contribution >= 0.6 is 0 Å². The first-order valence-electron chi connectivity index (χ1n) is 10.1. The first kappa shape index (κ1) is 22.7. The number of carbonyl (C=O) groups is 2. The predicted octanol–water partition coefficient (Wildman–Crippen LogP) is 3.61. The maximum atomic E-state index is 11.8. The van der Waals surface area contributed by atoms with E-state index in [-0.39, 0.29) is 23.4 Å². The van der Waals surface area contributed by atoms with Crippen molar-refractivity contribution in [2.24, 2.45) is 11.8 Å². The highest BCUT2D eigenvalue weighted by molar-refractivity contribution is 5.97. The Morgan fingerprint density at radius 2 is 1.66 bits per heavy atom. The molecule has 1 fully saturated rings. The molecular weight excluding hydrogens is 366 g/mol. The van der Waals surface area contributed by atoms with Crippen LogP contribution in [0.1, 0.15) is 43.6 Å². The average Bonchev–Trinajstić information content (AvgIpc) is 2.75. The molecule has 0 radical (unpaired) electrons. The van der Waals surface area contributed by atoms with E-state index in [1.165, 1.54) is 0 Å². The molecule has 0 N–H and O–H groups in total. The second-order valence-electron chi connectivity index (χ2n) is 7.68. The van der Waals surface area contributed by atoms with Crippen LogP contribution in [0.5, 0.6) is 0 Å². The third-order valence-electron chi connectivity index (χ3n) is 4.66. The van der Waals surface area contributed by atoms with Gasteiger partial charge in [-0.15, -0.1) is 0 Å². The Bertz CT molecular complexity index is 768. The molecule has 3 heterocycles. The predicted molar refractivity (Wildman–Crippen MR) is 114 cm³/mol. The molecule has 3 rings (SSSR count). The van der Waals surface area contributed by atoms with Crippen LogP contribution in [-0.4, -0.2) is 47.8 Å². The minimum absolute atomic E-state index is 0.0195. The molecule has 1 saturated heterocycles. The lowest BCUT2D eigenvalue weighted by atomic mass is 10.0. The van der Waals surface area contributed by atoms with E-state index >= 15 is 0 Å². The number of ketones is 2. The van der Waals surface area contributed by atoms with Crippen molar-refractivity contribution >= 4 is 17.4 Å². The Morgan fingerprint density at radius 1 is 1.00 bits per heavy atom. The summed E-state index contributed by atoms with van der Waals surface area (Å²) in [6.07, 6.45) is 5.62. The smallest absolute Gasteiger partial charge is 0.166 e. The third kappa shape index (κ3) is 7.38. The Balaban J connectivity index is 0.000000221. The molecule has 156 valence electrons. The quantitative estimate of drug-likeness (QED) is 0.694. The number of morpholine rings is 1. The Morgan fingerprint density at radius 3 is 2.17 bits per heavy atom. The maximum Gasteiger partial charge on any atom is 0.166 e. The molecule has 0 saturated carbocycles. The second-order valence-corrected chi connectivity index (χ2v) is 7.68. The van der Waals surface area contributed by atoms with E-state index in [4.69, 9.17) is 4.74 Å². The molecule has 0 atom stereocenters. The number of anilines is 1. The number of hydrogen-bond donors (Lipinski definition) is 0. The van der Waals surface area contributed by atoms with E-state index in [1.54, 1.807) is 18.6 Å². The van der Waals surface area contributed by atoms with Crippen LogP contribution in [0.25, 0.3) is 0 Å². The number of pyridine rings is 2. The third-order valence-corrected chi connectivity index (χ3v) is 4.66.